The fraction of sp³-hybridized carbons (Fsp3) is 0.483. The molecule has 2 heteroatoms. The number of hydrogen-bond donors (Lipinski definition) is 0. The molecular weight excluding hydrogens is 378 g/mol. The molecule has 0 aliphatic carbocycles. The van der Waals surface area contributed by atoms with Crippen molar-refractivity contribution in [3.05, 3.63) is 60.2 Å². The monoisotopic (exact) mass is 417 g/mol. The first-order chi connectivity index (χ1) is 15.3. The minimum atomic E-state index is 0.777. The Balaban J connectivity index is 1.50. The lowest BCUT2D eigenvalue weighted by molar-refractivity contribution is 0.310. The Morgan fingerprint density at radius 1 is 0.677 bits per heavy atom. The average Bonchev–Trinajstić information content (AvgIpc) is 2.81. The Bertz CT molecular complexity index is 900. The van der Waals surface area contributed by atoms with E-state index < -0.39 is 0 Å². The Labute approximate surface area is 189 Å². The normalized spacial score (nSPS) is 11.2. The van der Waals surface area contributed by atoms with Crippen molar-refractivity contribution < 1.29 is 4.74 Å². The Morgan fingerprint density at radius 2 is 1.39 bits per heavy atom. The van der Waals surface area contributed by atoms with Crippen LogP contribution in [0.4, 0.5) is 0 Å². The van der Waals surface area contributed by atoms with E-state index in [0.29, 0.717) is 0 Å². The molecule has 0 aliphatic rings. The number of fused-ring (bicyclic) bond motifs is 1. The van der Waals surface area contributed by atoms with Crippen LogP contribution in [0.1, 0.15) is 83.6 Å². The molecule has 0 saturated heterocycles. The molecule has 0 saturated carbocycles. The molecule has 0 fully saturated rings. The third kappa shape index (κ3) is 7.69. The predicted octanol–water partition coefficient (Wildman–Crippen LogP) is 8.76. The molecule has 1 heterocycles. The molecule has 0 atom stereocenters. The minimum Gasteiger partial charge on any atom is -0.494 e. The van der Waals surface area contributed by atoms with E-state index in [9.17, 15) is 0 Å². The first-order valence-electron chi connectivity index (χ1n) is 12.4. The molecule has 0 spiro atoms. The van der Waals surface area contributed by atoms with Gasteiger partial charge >= 0.3 is 0 Å². The van der Waals surface area contributed by atoms with Gasteiger partial charge in [0.05, 0.1) is 17.8 Å². The van der Waals surface area contributed by atoms with Gasteiger partial charge in [0.25, 0.3) is 0 Å². The quantitative estimate of drug-likeness (QED) is 0.245. The summed E-state index contributed by atoms with van der Waals surface area (Å²) < 4.78 is 5.82. The number of unbranched alkanes of at least 4 members (excludes halogenated alkanes) is 8. The van der Waals surface area contributed by atoms with E-state index in [-0.39, 0.29) is 0 Å². The summed E-state index contributed by atoms with van der Waals surface area (Å²) >= 11 is 0. The second-order valence-corrected chi connectivity index (χ2v) is 8.67. The van der Waals surface area contributed by atoms with Crippen LogP contribution in [0.25, 0.3) is 22.2 Å². The van der Waals surface area contributed by atoms with E-state index >= 15 is 0 Å². The highest BCUT2D eigenvalue weighted by molar-refractivity contribution is 5.82. The first-order valence-corrected chi connectivity index (χ1v) is 12.4. The van der Waals surface area contributed by atoms with Crippen molar-refractivity contribution in [1.82, 2.24) is 4.98 Å². The molecule has 1 aromatic heterocycles. The number of aryl methyl sites for hydroxylation is 1. The van der Waals surface area contributed by atoms with E-state index in [1.807, 2.05) is 6.07 Å². The third-order valence-electron chi connectivity index (χ3n) is 6.00. The zero-order valence-electron chi connectivity index (χ0n) is 19.5. The minimum absolute atomic E-state index is 0.777. The van der Waals surface area contributed by atoms with Crippen LogP contribution >= 0.6 is 0 Å². The zero-order valence-corrected chi connectivity index (χ0v) is 19.5. The van der Waals surface area contributed by atoms with Crippen LogP contribution in [0.5, 0.6) is 5.75 Å². The third-order valence-corrected chi connectivity index (χ3v) is 6.00. The molecule has 3 rings (SSSR count). The van der Waals surface area contributed by atoms with Crippen molar-refractivity contribution >= 4 is 10.9 Å². The fourth-order valence-corrected chi connectivity index (χ4v) is 3.99. The highest BCUT2D eigenvalue weighted by atomic mass is 16.5. The summed E-state index contributed by atoms with van der Waals surface area (Å²) in [5.41, 5.74) is 4.67. The van der Waals surface area contributed by atoms with Gasteiger partial charge in [-0.3, -0.25) is 0 Å². The van der Waals surface area contributed by atoms with Gasteiger partial charge in [0.15, 0.2) is 0 Å². The molecule has 0 N–H and O–H groups in total. The molecule has 2 aromatic carbocycles. The van der Waals surface area contributed by atoms with Crippen molar-refractivity contribution in [3.63, 3.8) is 0 Å². The van der Waals surface area contributed by atoms with Crippen molar-refractivity contribution in [2.45, 2.75) is 84.5 Å². The molecule has 0 radical (unpaired) electrons. The zero-order chi connectivity index (χ0) is 21.7. The average molecular weight is 418 g/mol. The van der Waals surface area contributed by atoms with Crippen LogP contribution in [-0.2, 0) is 6.42 Å². The molecule has 0 unspecified atom stereocenters. The van der Waals surface area contributed by atoms with Crippen LogP contribution in [0.15, 0.2) is 54.6 Å². The second kappa shape index (κ2) is 13.1. The summed E-state index contributed by atoms with van der Waals surface area (Å²) in [5, 5.41) is 1.13. The lowest BCUT2D eigenvalue weighted by Gasteiger charge is -2.08. The van der Waals surface area contributed by atoms with E-state index in [2.05, 4.69) is 62.4 Å². The summed E-state index contributed by atoms with van der Waals surface area (Å²) in [6.07, 6.45) is 14.4. The lowest BCUT2D eigenvalue weighted by Crippen LogP contribution is -1.96. The highest BCUT2D eigenvalue weighted by Crippen LogP contribution is 2.25. The van der Waals surface area contributed by atoms with Crippen molar-refractivity contribution in [1.29, 1.82) is 0 Å². The largest absolute Gasteiger partial charge is 0.494 e. The smallest absolute Gasteiger partial charge is 0.120 e. The molecule has 3 aromatic rings. The van der Waals surface area contributed by atoms with Crippen LogP contribution < -0.4 is 4.74 Å². The molecular formula is C29H39NO. The number of hydrogen-bond acceptors (Lipinski definition) is 2. The number of aromatic nitrogens is 1. The second-order valence-electron chi connectivity index (χ2n) is 8.67. The Morgan fingerprint density at radius 3 is 2.13 bits per heavy atom. The fourth-order valence-electron chi connectivity index (χ4n) is 3.99. The summed E-state index contributed by atoms with van der Waals surface area (Å²) in [6.45, 7) is 5.23. The molecule has 2 nitrogen and oxygen atoms in total. The number of pyridine rings is 1. The van der Waals surface area contributed by atoms with Gasteiger partial charge in [-0.05, 0) is 49.1 Å². The van der Waals surface area contributed by atoms with Gasteiger partial charge in [-0.15, -0.1) is 0 Å². The maximum absolute atomic E-state index is 5.82. The number of benzene rings is 2. The van der Waals surface area contributed by atoms with Gasteiger partial charge in [-0.25, -0.2) is 4.98 Å². The first kappa shape index (κ1) is 23.3. The predicted molar refractivity (Wildman–Crippen MR) is 134 cm³/mol. The van der Waals surface area contributed by atoms with Crippen LogP contribution in [-0.4, -0.2) is 11.6 Å². The molecule has 0 bridgehead atoms. The highest BCUT2D eigenvalue weighted by Gasteiger charge is 2.04. The van der Waals surface area contributed by atoms with Gasteiger partial charge in [0, 0.05) is 10.9 Å². The van der Waals surface area contributed by atoms with Gasteiger partial charge in [-0.1, -0.05) is 95.5 Å². The summed E-state index contributed by atoms with van der Waals surface area (Å²) in [6, 6.07) is 19.4. The Kier molecular flexibility index (Phi) is 9.89. The number of nitrogens with zero attached hydrogens (tertiary/aromatic N) is 1. The Hall–Kier alpha value is -2.35. The van der Waals surface area contributed by atoms with E-state index in [1.54, 1.807) is 0 Å². The van der Waals surface area contributed by atoms with Crippen LogP contribution in [0, 0.1) is 0 Å². The van der Waals surface area contributed by atoms with Crippen LogP contribution in [0.2, 0.25) is 0 Å². The van der Waals surface area contributed by atoms with Crippen molar-refractivity contribution in [2.75, 3.05) is 6.61 Å². The van der Waals surface area contributed by atoms with Crippen molar-refractivity contribution in [2.24, 2.45) is 0 Å². The maximum Gasteiger partial charge on any atom is 0.120 e. The summed E-state index contributed by atoms with van der Waals surface area (Å²) in [4.78, 5) is 4.87. The van der Waals surface area contributed by atoms with E-state index in [0.717, 1.165) is 41.8 Å². The van der Waals surface area contributed by atoms with Gasteiger partial charge in [0.1, 0.15) is 5.75 Å². The van der Waals surface area contributed by atoms with Gasteiger partial charge < -0.3 is 4.74 Å². The van der Waals surface area contributed by atoms with Gasteiger partial charge in [0.2, 0.25) is 0 Å². The maximum atomic E-state index is 5.82. The van der Waals surface area contributed by atoms with E-state index in [1.165, 1.54) is 68.9 Å². The van der Waals surface area contributed by atoms with E-state index in [4.69, 9.17) is 9.72 Å². The standard InChI is InChI=1S/C29H39NO/c1-3-5-7-8-9-10-11-12-13-24-14-16-25(17-15-24)28-20-18-26-23-27(31-22-6-4-2)19-21-29(26)30-28/h14-21,23H,3-13,22H2,1-2H3. The summed E-state index contributed by atoms with van der Waals surface area (Å²) in [7, 11) is 0. The van der Waals surface area contributed by atoms with Gasteiger partial charge in [-0.2, -0.15) is 0 Å². The van der Waals surface area contributed by atoms with Crippen LogP contribution in [0.3, 0.4) is 0 Å². The molecule has 166 valence electrons. The SMILES string of the molecule is CCCCCCCCCCc1ccc(-c2ccc3cc(OCCCC)ccc3n2)cc1. The number of rotatable bonds is 14. The summed E-state index contributed by atoms with van der Waals surface area (Å²) in [5.74, 6) is 0.931. The molecule has 0 amide bonds. The topological polar surface area (TPSA) is 22.1 Å². The van der Waals surface area contributed by atoms with Crippen molar-refractivity contribution in [3.8, 4) is 17.0 Å². The molecule has 31 heavy (non-hydrogen) atoms. The molecule has 0 aliphatic heterocycles. The lowest BCUT2D eigenvalue weighted by atomic mass is 10.0. The number of ether oxygens (including phenoxy) is 1.